The second-order valence-electron chi connectivity index (χ2n) is 7.13. The smallest absolute Gasteiger partial charge is 0.416 e. The van der Waals surface area contributed by atoms with Gasteiger partial charge in [-0.25, -0.2) is 0 Å². The number of fused-ring (bicyclic) bond motifs is 1. The maximum atomic E-state index is 13.8. The van der Waals surface area contributed by atoms with E-state index in [1.807, 2.05) is 6.92 Å². The third-order valence-electron chi connectivity index (χ3n) is 5.55. The molecule has 0 saturated heterocycles. The Labute approximate surface area is 172 Å². The number of ketones is 1. The minimum Gasteiger partial charge on any atom is -0.453 e. The van der Waals surface area contributed by atoms with E-state index in [1.165, 1.54) is 12.1 Å². The SMILES string of the molecule is CCO[C@@]1(c2cccc(C(F)(F)F)c2)Oc2ccccc2C(=O)[C@@]12OCC=C2CC. The lowest BCUT2D eigenvalue weighted by Gasteiger charge is -2.50. The molecule has 2 atom stereocenters. The van der Waals surface area contributed by atoms with Crippen molar-refractivity contribution in [1.29, 1.82) is 0 Å². The number of halogens is 3. The summed E-state index contributed by atoms with van der Waals surface area (Å²) >= 11 is 0. The normalized spacial score (nSPS) is 25.8. The molecular weight excluding hydrogens is 397 g/mol. The fourth-order valence-corrected chi connectivity index (χ4v) is 4.30. The number of ether oxygens (including phenoxy) is 3. The number of rotatable bonds is 4. The van der Waals surface area contributed by atoms with Crippen LogP contribution in [0, 0.1) is 0 Å². The highest BCUT2D eigenvalue weighted by Gasteiger charge is 2.68. The summed E-state index contributed by atoms with van der Waals surface area (Å²) in [6, 6.07) is 11.3. The fraction of sp³-hybridized carbons (Fsp3) is 0.348. The first-order chi connectivity index (χ1) is 14.3. The van der Waals surface area contributed by atoms with Crippen LogP contribution >= 0.6 is 0 Å². The monoisotopic (exact) mass is 418 g/mol. The molecule has 0 bridgehead atoms. The van der Waals surface area contributed by atoms with E-state index in [0.717, 1.165) is 12.1 Å². The first-order valence-electron chi connectivity index (χ1n) is 9.78. The Morgan fingerprint density at radius 2 is 1.87 bits per heavy atom. The molecule has 158 valence electrons. The molecule has 7 heteroatoms. The number of Topliss-reactive ketones (excluding diaryl/α,β-unsaturated/α-hetero) is 1. The van der Waals surface area contributed by atoms with E-state index in [2.05, 4.69) is 0 Å². The van der Waals surface area contributed by atoms with Crippen LogP contribution < -0.4 is 4.74 Å². The highest BCUT2D eigenvalue weighted by molar-refractivity contribution is 6.09. The summed E-state index contributed by atoms with van der Waals surface area (Å²) in [6.07, 6.45) is -2.34. The Morgan fingerprint density at radius 1 is 1.10 bits per heavy atom. The summed E-state index contributed by atoms with van der Waals surface area (Å²) in [6.45, 7) is 3.78. The third kappa shape index (κ3) is 2.80. The highest BCUT2D eigenvalue weighted by atomic mass is 19.4. The van der Waals surface area contributed by atoms with Gasteiger partial charge in [-0.05, 0) is 43.2 Å². The number of hydrogen-bond donors (Lipinski definition) is 0. The van der Waals surface area contributed by atoms with Gasteiger partial charge in [-0.2, -0.15) is 13.2 Å². The molecule has 1 spiro atoms. The van der Waals surface area contributed by atoms with Gasteiger partial charge in [0.1, 0.15) is 5.75 Å². The molecule has 2 aliphatic rings. The molecule has 0 aromatic heterocycles. The lowest BCUT2D eigenvalue weighted by molar-refractivity contribution is -0.272. The van der Waals surface area contributed by atoms with E-state index in [1.54, 1.807) is 37.3 Å². The Hall–Kier alpha value is -2.64. The number of carbonyl (C=O) groups excluding carboxylic acids is 1. The molecule has 30 heavy (non-hydrogen) atoms. The molecule has 4 nitrogen and oxygen atoms in total. The van der Waals surface area contributed by atoms with E-state index in [4.69, 9.17) is 14.2 Å². The molecule has 0 aliphatic carbocycles. The van der Waals surface area contributed by atoms with Crippen molar-refractivity contribution < 1.29 is 32.2 Å². The maximum Gasteiger partial charge on any atom is 0.416 e. The molecule has 2 aromatic carbocycles. The molecule has 2 heterocycles. The van der Waals surface area contributed by atoms with Crippen LogP contribution in [0.3, 0.4) is 0 Å². The van der Waals surface area contributed by atoms with Crippen LogP contribution in [-0.2, 0) is 21.4 Å². The lowest BCUT2D eigenvalue weighted by atomic mass is 9.73. The first kappa shape index (κ1) is 20.6. The van der Waals surface area contributed by atoms with E-state index in [-0.39, 0.29) is 30.3 Å². The number of benzene rings is 2. The van der Waals surface area contributed by atoms with Crippen LogP contribution in [0.4, 0.5) is 13.2 Å². The summed E-state index contributed by atoms with van der Waals surface area (Å²) < 4.78 is 58.8. The van der Waals surface area contributed by atoms with Gasteiger partial charge in [-0.1, -0.05) is 37.3 Å². The molecule has 0 N–H and O–H groups in total. The number of para-hydroxylation sites is 1. The molecule has 4 rings (SSSR count). The van der Waals surface area contributed by atoms with Gasteiger partial charge in [0.15, 0.2) is 0 Å². The zero-order chi connectivity index (χ0) is 21.6. The molecule has 2 aromatic rings. The van der Waals surface area contributed by atoms with Crippen LogP contribution in [0.25, 0.3) is 0 Å². The predicted octanol–water partition coefficient (Wildman–Crippen LogP) is 5.28. The summed E-state index contributed by atoms with van der Waals surface area (Å²) in [4.78, 5) is 13.8. The van der Waals surface area contributed by atoms with E-state index < -0.39 is 23.1 Å². The first-order valence-corrected chi connectivity index (χ1v) is 9.78. The van der Waals surface area contributed by atoms with Gasteiger partial charge in [-0.15, -0.1) is 0 Å². The summed E-state index contributed by atoms with van der Waals surface area (Å²) in [5.74, 6) is -2.04. The Morgan fingerprint density at radius 3 is 2.57 bits per heavy atom. The van der Waals surface area contributed by atoms with Crippen molar-refractivity contribution in [1.82, 2.24) is 0 Å². The number of hydrogen-bond acceptors (Lipinski definition) is 4. The van der Waals surface area contributed by atoms with Crippen LogP contribution in [0.5, 0.6) is 5.75 Å². The average molecular weight is 418 g/mol. The standard InChI is InChI=1S/C23H21F3O4/c1-3-15-12-13-29-21(15)20(27)18-10-5-6-11-19(18)30-22(21,28-4-2)16-8-7-9-17(14-16)23(24,25)26/h5-12,14H,3-4,13H2,1-2H3/t21-,22+/m1/s1. The van der Waals surface area contributed by atoms with Gasteiger partial charge < -0.3 is 14.2 Å². The Kier molecular flexibility index (Phi) is 4.98. The second kappa shape index (κ2) is 7.25. The highest BCUT2D eigenvalue weighted by Crippen LogP contribution is 2.54. The average Bonchev–Trinajstić information content (AvgIpc) is 3.17. The summed E-state index contributed by atoms with van der Waals surface area (Å²) in [5.41, 5.74) is -1.57. The van der Waals surface area contributed by atoms with Crippen LogP contribution in [0.1, 0.15) is 41.8 Å². The van der Waals surface area contributed by atoms with Gasteiger partial charge in [0, 0.05) is 12.2 Å². The Balaban J connectivity index is 2.04. The molecular formula is C23H21F3O4. The van der Waals surface area contributed by atoms with Crippen LogP contribution in [0.15, 0.2) is 60.2 Å². The predicted molar refractivity (Wildman–Crippen MR) is 103 cm³/mol. The van der Waals surface area contributed by atoms with Crippen molar-refractivity contribution in [2.75, 3.05) is 13.2 Å². The molecule has 0 radical (unpaired) electrons. The zero-order valence-corrected chi connectivity index (χ0v) is 16.6. The van der Waals surface area contributed by atoms with Gasteiger partial charge in [0.2, 0.25) is 11.4 Å². The van der Waals surface area contributed by atoms with Crippen molar-refractivity contribution in [3.05, 3.63) is 76.9 Å². The van der Waals surface area contributed by atoms with Crippen molar-refractivity contribution in [3.63, 3.8) is 0 Å². The molecule has 0 fully saturated rings. The van der Waals surface area contributed by atoms with Crippen molar-refractivity contribution >= 4 is 5.78 Å². The molecule has 2 aliphatic heterocycles. The quantitative estimate of drug-likeness (QED) is 0.634. The van der Waals surface area contributed by atoms with Gasteiger partial charge in [0.25, 0.3) is 5.79 Å². The summed E-state index contributed by atoms with van der Waals surface area (Å²) in [7, 11) is 0. The van der Waals surface area contributed by atoms with E-state index in [0.29, 0.717) is 17.6 Å². The fourth-order valence-electron chi connectivity index (χ4n) is 4.30. The zero-order valence-electron chi connectivity index (χ0n) is 16.6. The molecule has 0 unspecified atom stereocenters. The van der Waals surface area contributed by atoms with Crippen LogP contribution in [0.2, 0.25) is 0 Å². The van der Waals surface area contributed by atoms with Crippen LogP contribution in [-0.4, -0.2) is 24.6 Å². The second-order valence-corrected chi connectivity index (χ2v) is 7.13. The molecule has 0 amide bonds. The minimum atomic E-state index is -4.56. The topological polar surface area (TPSA) is 44.8 Å². The lowest BCUT2D eigenvalue weighted by Crippen LogP contribution is -2.65. The number of carbonyl (C=O) groups is 1. The third-order valence-corrected chi connectivity index (χ3v) is 5.55. The van der Waals surface area contributed by atoms with Crippen molar-refractivity contribution in [2.45, 2.75) is 37.8 Å². The number of alkyl halides is 3. The van der Waals surface area contributed by atoms with E-state index in [9.17, 15) is 18.0 Å². The largest absolute Gasteiger partial charge is 0.453 e. The minimum absolute atomic E-state index is 0.0725. The maximum absolute atomic E-state index is 13.8. The van der Waals surface area contributed by atoms with E-state index >= 15 is 0 Å². The van der Waals surface area contributed by atoms with Crippen molar-refractivity contribution in [3.8, 4) is 5.75 Å². The molecule has 0 saturated carbocycles. The Bertz CT molecular complexity index is 1010. The van der Waals surface area contributed by atoms with Gasteiger partial charge in [-0.3, -0.25) is 4.79 Å². The van der Waals surface area contributed by atoms with Gasteiger partial charge >= 0.3 is 6.18 Å². The van der Waals surface area contributed by atoms with Crippen molar-refractivity contribution in [2.24, 2.45) is 0 Å². The van der Waals surface area contributed by atoms with Gasteiger partial charge in [0.05, 0.1) is 17.7 Å². The summed E-state index contributed by atoms with van der Waals surface area (Å²) in [5, 5.41) is 0.